The maximum absolute atomic E-state index is 12.4. The normalized spacial score (nSPS) is 11.5. The second-order valence-corrected chi connectivity index (χ2v) is 6.24. The van der Waals surface area contributed by atoms with Gasteiger partial charge in [0.05, 0.1) is 18.4 Å². The summed E-state index contributed by atoms with van der Waals surface area (Å²) in [6.45, 7) is 4.22. The van der Waals surface area contributed by atoms with Crippen LogP contribution in [0.15, 0.2) is 53.6 Å². The molecule has 5 heteroatoms. The maximum atomic E-state index is 12.4. The number of hydrazone groups is 1. The molecule has 24 heavy (non-hydrogen) atoms. The van der Waals surface area contributed by atoms with Gasteiger partial charge in [-0.3, -0.25) is 4.79 Å². The Balaban J connectivity index is 2.25. The van der Waals surface area contributed by atoms with Crippen molar-refractivity contribution >= 4 is 23.2 Å². The van der Waals surface area contributed by atoms with Gasteiger partial charge in [-0.05, 0) is 36.1 Å². The van der Waals surface area contributed by atoms with Gasteiger partial charge in [0.15, 0.2) is 0 Å². The van der Waals surface area contributed by atoms with E-state index in [1.54, 1.807) is 18.2 Å². The number of ether oxygens (including phenoxy) is 1. The average molecular weight is 345 g/mol. The molecule has 0 saturated carbocycles. The molecule has 0 unspecified atom stereocenters. The Labute approximate surface area is 147 Å². The van der Waals surface area contributed by atoms with E-state index in [-0.39, 0.29) is 5.91 Å². The number of halogens is 1. The fraction of sp³-hybridized carbons (Fsp3) is 0.263. The third-order valence-electron chi connectivity index (χ3n) is 3.41. The molecular weight excluding hydrogens is 324 g/mol. The van der Waals surface area contributed by atoms with Crippen LogP contribution in [0.2, 0.25) is 5.02 Å². The molecular formula is C19H21ClN2O2. The number of carbonyl (C=O) groups excluding carboxylic acids is 1. The Bertz CT molecular complexity index is 727. The molecule has 0 aliphatic rings. The van der Waals surface area contributed by atoms with Crippen molar-refractivity contribution in [2.24, 2.45) is 11.0 Å². The summed E-state index contributed by atoms with van der Waals surface area (Å²) in [5, 5.41) is 4.80. The van der Waals surface area contributed by atoms with Gasteiger partial charge < -0.3 is 4.74 Å². The fourth-order valence-electron chi connectivity index (χ4n) is 2.28. The van der Waals surface area contributed by atoms with Gasteiger partial charge >= 0.3 is 0 Å². The van der Waals surface area contributed by atoms with E-state index in [0.717, 1.165) is 17.7 Å². The molecule has 0 spiro atoms. The van der Waals surface area contributed by atoms with Crippen LogP contribution in [0, 0.1) is 5.92 Å². The Morgan fingerprint density at radius 3 is 2.54 bits per heavy atom. The van der Waals surface area contributed by atoms with Gasteiger partial charge in [0.25, 0.3) is 5.91 Å². The SMILES string of the molecule is COc1ccc(Cl)cc1C(=O)N/N=C(\CC(C)C)c1ccccc1. The van der Waals surface area contributed by atoms with Crippen LogP contribution in [0.3, 0.4) is 0 Å². The van der Waals surface area contributed by atoms with Crippen molar-refractivity contribution in [2.75, 3.05) is 7.11 Å². The number of rotatable bonds is 6. The molecule has 126 valence electrons. The monoisotopic (exact) mass is 344 g/mol. The molecule has 0 aliphatic carbocycles. The summed E-state index contributed by atoms with van der Waals surface area (Å²) in [6, 6.07) is 14.7. The lowest BCUT2D eigenvalue weighted by atomic mass is 10.0. The van der Waals surface area contributed by atoms with Crippen molar-refractivity contribution in [3.63, 3.8) is 0 Å². The molecule has 4 nitrogen and oxygen atoms in total. The van der Waals surface area contributed by atoms with E-state index in [1.165, 1.54) is 7.11 Å². The quantitative estimate of drug-likeness (QED) is 0.618. The van der Waals surface area contributed by atoms with E-state index in [4.69, 9.17) is 16.3 Å². The van der Waals surface area contributed by atoms with E-state index < -0.39 is 0 Å². The van der Waals surface area contributed by atoms with E-state index >= 15 is 0 Å². The number of amides is 1. The lowest BCUT2D eigenvalue weighted by Crippen LogP contribution is -2.21. The molecule has 2 aromatic rings. The third-order valence-corrected chi connectivity index (χ3v) is 3.64. The number of methoxy groups -OCH3 is 1. The minimum atomic E-state index is -0.355. The van der Waals surface area contributed by atoms with Crippen LogP contribution in [-0.2, 0) is 0 Å². The van der Waals surface area contributed by atoms with Crippen molar-refractivity contribution in [2.45, 2.75) is 20.3 Å². The van der Waals surface area contributed by atoms with Crippen molar-refractivity contribution in [1.29, 1.82) is 0 Å². The lowest BCUT2D eigenvalue weighted by molar-refractivity contribution is 0.0951. The van der Waals surface area contributed by atoms with Gasteiger partial charge in [0.2, 0.25) is 0 Å². The first-order valence-electron chi connectivity index (χ1n) is 7.77. The molecule has 0 aromatic heterocycles. The summed E-state index contributed by atoms with van der Waals surface area (Å²) < 4.78 is 5.21. The zero-order valence-electron chi connectivity index (χ0n) is 14.0. The number of nitrogens with zero attached hydrogens (tertiary/aromatic N) is 1. The van der Waals surface area contributed by atoms with Gasteiger partial charge in [0.1, 0.15) is 5.75 Å². The van der Waals surface area contributed by atoms with Crippen molar-refractivity contribution < 1.29 is 9.53 Å². The first kappa shape index (κ1) is 18.0. The predicted octanol–water partition coefficient (Wildman–Crippen LogP) is 4.53. The third kappa shape index (κ3) is 4.83. The van der Waals surface area contributed by atoms with E-state index in [9.17, 15) is 4.79 Å². The van der Waals surface area contributed by atoms with Crippen LogP contribution >= 0.6 is 11.6 Å². The molecule has 1 amide bonds. The molecule has 0 bridgehead atoms. The lowest BCUT2D eigenvalue weighted by Gasteiger charge is -2.11. The van der Waals surface area contributed by atoms with Crippen LogP contribution in [-0.4, -0.2) is 18.7 Å². The fourth-order valence-corrected chi connectivity index (χ4v) is 2.45. The van der Waals surface area contributed by atoms with E-state index in [2.05, 4.69) is 24.4 Å². The number of carbonyl (C=O) groups is 1. The first-order chi connectivity index (χ1) is 11.5. The molecule has 0 atom stereocenters. The maximum Gasteiger partial charge on any atom is 0.275 e. The Hall–Kier alpha value is -2.33. The summed E-state index contributed by atoms with van der Waals surface area (Å²) in [5.74, 6) is 0.519. The zero-order valence-corrected chi connectivity index (χ0v) is 14.8. The van der Waals surface area contributed by atoms with Crippen LogP contribution in [0.4, 0.5) is 0 Å². The summed E-state index contributed by atoms with van der Waals surface area (Å²) in [7, 11) is 1.51. The second-order valence-electron chi connectivity index (χ2n) is 5.81. The van der Waals surface area contributed by atoms with Crippen LogP contribution < -0.4 is 10.2 Å². The smallest absolute Gasteiger partial charge is 0.275 e. The Morgan fingerprint density at radius 2 is 1.92 bits per heavy atom. The topological polar surface area (TPSA) is 50.7 Å². The molecule has 0 aliphatic heterocycles. The van der Waals surface area contributed by atoms with Crippen LogP contribution in [0.1, 0.15) is 36.2 Å². The number of hydrogen-bond acceptors (Lipinski definition) is 3. The van der Waals surface area contributed by atoms with E-state index in [0.29, 0.717) is 22.3 Å². The zero-order chi connectivity index (χ0) is 17.5. The number of nitrogens with one attached hydrogen (secondary N) is 1. The first-order valence-corrected chi connectivity index (χ1v) is 8.15. The van der Waals surface area contributed by atoms with Crippen molar-refractivity contribution in [3.8, 4) is 5.75 Å². The molecule has 0 saturated heterocycles. The highest BCUT2D eigenvalue weighted by Gasteiger charge is 2.13. The molecule has 0 radical (unpaired) electrons. The molecule has 0 heterocycles. The second kappa shape index (κ2) is 8.50. The van der Waals surface area contributed by atoms with Crippen molar-refractivity contribution in [1.82, 2.24) is 5.43 Å². The van der Waals surface area contributed by atoms with Gasteiger partial charge in [-0.15, -0.1) is 0 Å². The minimum Gasteiger partial charge on any atom is -0.496 e. The average Bonchev–Trinajstić information content (AvgIpc) is 2.58. The Kier molecular flexibility index (Phi) is 6.38. The predicted molar refractivity (Wildman–Crippen MR) is 97.9 cm³/mol. The van der Waals surface area contributed by atoms with Crippen LogP contribution in [0.25, 0.3) is 0 Å². The minimum absolute atomic E-state index is 0.353. The van der Waals surface area contributed by atoms with Crippen molar-refractivity contribution in [3.05, 3.63) is 64.7 Å². The molecule has 0 fully saturated rings. The standard InChI is InChI=1S/C19H21ClN2O2/c1-13(2)11-17(14-7-5-4-6-8-14)21-22-19(23)16-12-15(20)9-10-18(16)24-3/h4-10,12-13H,11H2,1-3H3,(H,22,23)/b21-17+. The molecule has 2 aromatic carbocycles. The van der Waals surface area contributed by atoms with Crippen LogP contribution in [0.5, 0.6) is 5.75 Å². The van der Waals surface area contributed by atoms with Gasteiger partial charge in [0, 0.05) is 5.02 Å². The molecule has 1 N–H and O–H groups in total. The summed E-state index contributed by atoms with van der Waals surface area (Å²) in [4.78, 5) is 12.4. The number of hydrogen-bond donors (Lipinski definition) is 1. The number of benzene rings is 2. The molecule has 2 rings (SSSR count). The largest absolute Gasteiger partial charge is 0.496 e. The highest BCUT2D eigenvalue weighted by molar-refractivity contribution is 6.31. The highest BCUT2D eigenvalue weighted by atomic mass is 35.5. The summed E-state index contributed by atoms with van der Waals surface area (Å²) >= 11 is 5.97. The van der Waals surface area contributed by atoms with Gasteiger partial charge in [-0.25, -0.2) is 5.43 Å². The Morgan fingerprint density at radius 1 is 1.21 bits per heavy atom. The van der Waals surface area contributed by atoms with Gasteiger partial charge in [-0.1, -0.05) is 55.8 Å². The summed E-state index contributed by atoms with van der Waals surface area (Å²) in [6.07, 6.45) is 0.761. The van der Waals surface area contributed by atoms with Gasteiger partial charge in [-0.2, -0.15) is 5.10 Å². The summed E-state index contributed by atoms with van der Waals surface area (Å²) in [5.41, 5.74) is 4.79. The van der Waals surface area contributed by atoms with E-state index in [1.807, 2.05) is 30.3 Å². The highest BCUT2D eigenvalue weighted by Crippen LogP contribution is 2.22.